The molecule has 5 nitrogen and oxygen atoms in total. The van der Waals surface area contributed by atoms with Crippen molar-refractivity contribution in [3.05, 3.63) is 0 Å². The van der Waals surface area contributed by atoms with Crippen molar-refractivity contribution in [3.8, 4) is 0 Å². The Morgan fingerprint density at radius 3 is 2.27 bits per heavy atom. The minimum atomic E-state index is -4.14. The number of hydrogen-bond donors (Lipinski definition) is 2. The molecular weight excluding hydrogens is 239 g/mol. The summed E-state index contributed by atoms with van der Waals surface area (Å²) in [6.45, 7) is 0.763. The molecule has 0 amide bonds. The lowest BCUT2D eigenvalue weighted by atomic mass is 10.8. The third-order valence-electron chi connectivity index (χ3n) is 1.19. The number of hydrogen-bond acceptors (Lipinski definition) is 3. The highest BCUT2D eigenvalue weighted by molar-refractivity contribution is 9.10. The summed E-state index contributed by atoms with van der Waals surface area (Å²) in [5, 5.41) is 0. The lowest BCUT2D eigenvalue weighted by molar-refractivity contribution is -0.0308. The van der Waals surface area contributed by atoms with Gasteiger partial charge in [0.05, 0.1) is 13.2 Å². The molecule has 11 heavy (non-hydrogen) atoms. The fourth-order valence-corrected chi connectivity index (χ4v) is 1.49. The summed E-state index contributed by atoms with van der Waals surface area (Å²) >= 11 is 2.81. The summed E-state index contributed by atoms with van der Waals surface area (Å²) in [7, 11) is -4.14. The van der Waals surface area contributed by atoms with Crippen molar-refractivity contribution < 1.29 is 23.8 Å². The molecule has 0 saturated carbocycles. The molecule has 1 heterocycles. The molecule has 0 aliphatic carbocycles. The zero-order chi connectivity index (χ0) is 8.48. The first-order valence-corrected chi connectivity index (χ1v) is 5.54. The van der Waals surface area contributed by atoms with Crippen LogP contribution in [0.5, 0.6) is 0 Å². The fourth-order valence-electron chi connectivity index (χ4n) is 0.694. The zero-order valence-corrected chi connectivity index (χ0v) is 7.99. The maximum atomic E-state index is 10.6. The quantitative estimate of drug-likeness (QED) is 0.540. The van der Waals surface area contributed by atoms with Gasteiger partial charge in [0.15, 0.2) is 10.9 Å². The first-order chi connectivity index (χ1) is 5.02. The molecule has 1 aliphatic heterocycles. The fraction of sp³-hybridized carbons (Fsp3) is 1.00. The predicted octanol–water partition coefficient (Wildman–Crippen LogP) is 0.258. The zero-order valence-electron chi connectivity index (χ0n) is 5.51. The van der Waals surface area contributed by atoms with E-state index in [4.69, 9.17) is 19.3 Å². The van der Waals surface area contributed by atoms with Crippen LogP contribution in [0.3, 0.4) is 0 Å². The summed E-state index contributed by atoms with van der Waals surface area (Å²) in [6, 6.07) is 0. The maximum absolute atomic E-state index is 10.6. The van der Waals surface area contributed by atoms with Crippen LogP contribution in [0.2, 0.25) is 0 Å². The van der Waals surface area contributed by atoms with Crippen molar-refractivity contribution in [2.45, 2.75) is 10.9 Å². The Morgan fingerprint density at radius 2 is 1.91 bits per heavy atom. The van der Waals surface area contributed by atoms with Crippen LogP contribution in [0.1, 0.15) is 0 Å². The van der Waals surface area contributed by atoms with E-state index in [9.17, 15) is 4.57 Å². The number of alkyl halides is 1. The lowest BCUT2D eigenvalue weighted by Gasteiger charge is -2.16. The second-order valence-electron chi connectivity index (χ2n) is 2.07. The van der Waals surface area contributed by atoms with Gasteiger partial charge >= 0.3 is 7.60 Å². The number of halogens is 1. The van der Waals surface area contributed by atoms with Gasteiger partial charge in [-0.1, -0.05) is 15.9 Å². The van der Waals surface area contributed by atoms with E-state index in [0.717, 1.165) is 0 Å². The highest BCUT2D eigenvalue weighted by Crippen LogP contribution is 2.47. The van der Waals surface area contributed by atoms with Crippen LogP contribution in [0.25, 0.3) is 0 Å². The Bertz CT molecular complexity index is 173. The van der Waals surface area contributed by atoms with E-state index in [-0.39, 0.29) is 0 Å². The third-order valence-corrected chi connectivity index (χ3v) is 4.11. The molecule has 1 atom stereocenters. The van der Waals surface area contributed by atoms with Gasteiger partial charge in [-0.3, -0.25) is 4.57 Å². The maximum Gasteiger partial charge on any atom is 0.344 e. The largest absolute Gasteiger partial charge is 0.348 e. The molecule has 2 N–H and O–H groups in total. The Morgan fingerprint density at radius 1 is 1.45 bits per heavy atom. The van der Waals surface area contributed by atoms with E-state index in [2.05, 4.69) is 15.9 Å². The molecule has 0 aromatic rings. The molecule has 1 saturated heterocycles. The molecule has 0 spiro atoms. The second-order valence-corrected chi connectivity index (χ2v) is 5.50. The van der Waals surface area contributed by atoms with Crippen LogP contribution in [0.15, 0.2) is 0 Å². The van der Waals surface area contributed by atoms with E-state index in [1.54, 1.807) is 0 Å². The molecule has 1 fully saturated rings. The molecule has 1 rings (SSSR count). The Labute approximate surface area is 72.0 Å². The van der Waals surface area contributed by atoms with Crippen LogP contribution in [0, 0.1) is 0 Å². The molecule has 1 aliphatic rings. The topological polar surface area (TPSA) is 76.0 Å². The minimum absolute atomic E-state index is 0.382. The number of ether oxygens (including phenoxy) is 2. The van der Waals surface area contributed by atoms with Gasteiger partial charge in [-0.15, -0.1) is 0 Å². The number of rotatable bonds is 2. The summed E-state index contributed by atoms with van der Waals surface area (Å²) in [4.78, 5) is 17.3. The van der Waals surface area contributed by atoms with Gasteiger partial charge in [0.25, 0.3) is 0 Å². The van der Waals surface area contributed by atoms with Crippen molar-refractivity contribution in [2.24, 2.45) is 0 Å². The Hall–Kier alpha value is 0.550. The average Bonchev–Trinajstić information content (AvgIpc) is 2.34. The standard InChI is InChI=1S/C4H8BrO5P/c5-3(11(6,7)8)4-9-1-2-10-4/h3-4H,1-2H2,(H2,6,7,8). The Balaban J connectivity index is 2.53. The van der Waals surface area contributed by atoms with Crippen LogP contribution < -0.4 is 0 Å². The van der Waals surface area contributed by atoms with E-state index >= 15 is 0 Å². The van der Waals surface area contributed by atoms with Gasteiger partial charge in [0.2, 0.25) is 0 Å². The summed E-state index contributed by atoms with van der Waals surface area (Å²) in [6.07, 6.45) is -0.823. The van der Waals surface area contributed by atoms with Gasteiger partial charge in [-0.25, -0.2) is 0 Å². The smallest absolute Gasteiger partial charge is 0.344 e. The highest BCUT2D eigenvalue weighted by atomic mass is 79.9. The van der Waals surface area contributed by atoms with Gasteiger partial charge < -0.3 is 19.3 Å². The van der Waals surface area contributed by atoms with Crippen molar-refractivity contribution in [1.82, 2.24) is 0 Å². The Kier molecular flexibility index (Phi) is 3.08. The van der Waals surface area contributed by atoms with Gasteiger partial charge in [-0.2, -0.15) is 0 Å². The van der Waals surface area contributed by atoms with Crippen LogP contribution >= 0.6 is 23.5 Å². The van der Waals surface area contributed by atoms with Gasteiger partial charge in [0.1, 0.15) is 0 Å². The minimum Gasteiger partial charge on any atom is -0.348 e. The summed E-state index contributed by atoms with van der Waals surface area (Å²) < 4.78 is 19.3. The molecule has 0 bridgehead atoms. The second kappa shape index (κ2) is 3.51. The first-order valence-electron chi connectivity index (χ1n) is 2.94. The van der Waals surface area contributed by atoms with Crippen LogP contribution in [0.4, 0.5) is 0 Å². The molecule has 7 heteroatoms. The van der Waals surface area contributed by atoms with Crippen LogP contribution in [-0.4, -0.2) is 33.9 Å². The third kappa shape index (κ3) is 2.50. The van der Waals surface area contributed by atoms with E-state index in [1.807, 2.05) is 0 Å². The molecular formula is C4H8BrO5P. The normalized spacial score (nSPS) is 23.9. The molecule has 66 valence electrons. The van der Waals surface area contributed by atoms with E-state index < -0.39 is 18.5 Å². The van der Waals surface area contributed by atoms with E-state index in [0.29, 0.717) is 13.2 Å². The lowest BCUT2D eigenvalue weighted by Crippen LogP contribution is -2.21. The average molecular weight is 247 g/mol. The van der Waals surface area contributed by atoms with Gasteiger partial charge in [-0.05, 0) is 0 Å². The monoisotopic (exact) mass is 246 g/mol. The van der Waals surface area contributed by atoms with E-state index in [1.165, 1.54) is 0 Å². The van der Waals surface area contributed by atoms with Crippen molar-refractivity contribution >= 4 is 23.5 Å². The van der Waals surface area contributed by atoms with Crippen molar-refractivity contribution in [1.29, 1.82) is 0 Å². The van der Waals surface area contributed by atoms with Gasteiger partial charge in [0, 0.05) is 0 Å². The van der Waals surface area contributed by atoms with Crippen molar-refractivity contribution in [2.75, 3.05) is 13.2 Å². The summed E-state index contributed by atoms with van der Waals surface area (Å²) in [5.74, 6) is 0. The SMILES string of the molecule is O=P(O)(O)C(Br)C1OCCO1. The molecule has 0 aromatic heterocycles. The molecule has 0 radical (unpaired) electrons. The molecule has 0 aromatic carbocycles. The molecule has 1 unspecified atom stereocenters. The first kappa shape index (κ1) is 9.64. The highest BCUT2D eigenvalue weighted by Gasteiger charge is 2.37. The summed E-state index contributed by atoms with van der Waals surface area (Å²) in [5.41, 5.74) is 0. The van der Waals surface area contributed by atoms with Crippen LogP contribution in [-0.2, 0) is 14.0 Å². The predicted molar refractivity (Wildman–Crippen MR) is 40.5 cm³/mol. The van der Waals surface area contributed by atoms with Crippen molar-refractivity contribution in [3.63, 3.8) is 0 Å².